The lowest BCUT2D eigenvalue weighted by Gasteiger charge is -2.33. The molecule has 0 spiro atoms. The molecule has 1 aromatic heterocycles. The summed E-state index contributed by atoms with van der Waals surface area (Å²) in [6.07, 6.45) is 1.06. The molecule has 0 radical (unpaired) electrons. The zero-order valence-electron chi connectivity index (χ0n) is 20.9. The van der Waals surface area contributed by atoms with Gasteiger partial charge in [-0.3, -0.25) is 14.2 Å². The lowest BCUT2D eigenvalue weighted by molar-refractivity contribution is 0.0644. The van der Waals surface area contributed by atoms with Crippen molar-refractivity contribution in [3.8, 4) is 5.69 Å². The molecule has 1 atom stereocenters. The van der Waals surface area contributed by atoms with E-state index >= 15 is 0 Å². The highest BCUT2D eigenvalue weighted by atomic mass is 35.5. The van der Waals surface area contributed by atoms with Gasteiger partial charge in [-0.05, 0) is 61.2 Å². The number of carbonyl (C=O) groups is 1. The number of hydrogen-bond acceptors (Lipinski definition) is 3. The predicted molar refractivity (Wildman–Crippen MR) is 142 cm³/mol. The summed E-state index contributed by atoms with van der Waals surface area (Å²) in [7, 11) is 0. The van der Waals surface area contributed by atoms with E-state index in [1.807, 2.05) is 20.8 Å². The van der Waals surface area contributed by atoms with Gasteiger partial charge >= 0.3 is 0 Å². The van der Waals surface area contributed by atoms with E-state index in [4.69, 9.17) is 16.6 Å². The highest BCUT2D eigenvalue weighted by molar-refractivity contribution is 6.30. The van der Waals surface area contributed by atoms with Crippen LogP contribution in [0, 0.1) is 17.6 Å². The summed E-state index contributed by atoms with van der Waals surface area (Å²) in [6.45, 7) is 6.29. The van der Waals surface area contributed by atoms with Gasteiger partial charge in [0.1, 0.15) is 17.5 Å². The molecule has 8 heteroatoms. The van der Waals surface area contributed by atoms with E-state index in [1.165, 1.54) is 41.0 Å². The molecule has 0 saturated heterocycles. The minimum Gasteiger partial charge on any atom is -0.328 e. The van der Waals surface area contributed by atoms with Gasteiger partial charge in [0, 0.05) is 6.54 Å². The maximum Gasteiger partial charge on any atom is 0.266 e. The summed E-state index contributed by atoms with van der Waals surface area (Å²) in [5.74, 6) is -1.16. The minimum absolute atomic E-state index is 0.0516. The quantitative estimate of drug-likeness (QED) is 0.251. The minimum atomic E-state index is -0.674. The van der Waals surface area contributed by atoms with Crippen molar-refractivity contribution < 1.29 is 13.6 Å². The summed E-state index contributed by atoms with van der Waals surface area (Å²) in [5, 5.41) is 0.228. The number of benzene rings is 3. The zero-order valence-corrected chi connectivity index (χ0v) is 21.7. The Labute approximate surface area is 219 Å². The molecule has 3 aromatic carbocycles. The first-order valence-electron chi connectivity index (χ1n) is 12.3. The monoisotopic (exact) mass is 523 g/mol. The van der Waals surface area contributed by atoms with Crippen molar-refractivity contribution in [2.24, 2.45) is 5.92 Å². The third kappa shape index (κ3) is 5.42. The molecule has 0 N–H and O–H groups in total. The molecule has 1 unspecified atom stereocenters. The van der Waals surface area contributed by atoms with E-state index < -0.39 is 23.6 Å². The Kier molecular flexibility index (Phi) is 8.03. The molecule has 37 heavy (non-hydrogen) atoms. The standard InChI is InChI=1S/C29H28ClF2N3O2/c1-4-26(34(16-15-18(2)3)28(36)20-9-5-7-11-23(20)31)27-33-25-12-8-6-10-21(25)29(37)35(27)19-13-14-24(32)22(30)17-19/h5-14,17-18,26H,4,15-16H2,1-3H3. The molecular weight excluding hydrogens is 496 g/mol. The number of para-hydroxylation sites is 1. The number of halogens is 3. The van der Waals surface area contributed by atoms with Gasteiger partial charge < -0.3 is 4.90 Å². The van der Waals surface area contributed by atoms with Crippen LogP contribution in [-0.4, -0.2) is 26.9 Å². The van der Waals surface area contributed by atoms with Crippen molar-refractivity contribution in [1.82, 2.24) is 14.5 Å². The van der Waals surface area contributed by atoms with Crippen molar-refractivity contribution in [1.29, 1.82) is 0 Å². The van der Waals surface area contributed by atoms with Crippen LogP contribution in [0.1, 0.15) is 55.8 Å². The Morgan fingerprint density at radius 3 is 2.41 bits per heavy atom. The van der Waals surface area contributed by atoms with E-state index in [1.54, 1.807) is 35.2 Å². The van der Waals surface area contributed by atoms with Gasteiger partial charge in [0.25, 0.3) is 11.5 Å². The summed E-state index contributed by atoms with van der Waals surface area (Å²) >= 11 is 6.08. The molecule has 1 heterocycles. The molecule has 4 aromatic rings. The molecule has 4 rings (SSSR count). The van der Waals surface area contributed by atoms with Crippen LogP contribution in [0.25, 0.3) is 16.6 Å². The van der Waals surface area contributed by atoms with Crippen molar-refractivity contribution in [3.63, 3.8) is 0 Å². The van der Waals surface area contributed by atoms with Gasteiger partial charge in [0.2, 0.25) is 0 Å². The summed E-state index contributed by atoms with van der Waals surface area (Å²) in [4.78, 5) is 33.9. The SMILES string of the molecule is CCC(c1nc2ccccc2c(=O)n1-c1ccc(F)c(Cl)c1)N(CCC(C)C)C(=O)c1ccccc1F. The Hall–Kier alpha value is -3.58. The van der Waals surface area contributed by atoms with Crippen molar-refractivity contribution in [2.75, 3.05) is 6.54 Å². The number of rotatable bonds is 8. The first-order chi connectivity index (χ1) is 17.7. The van der Waals surface area contributed by atoms with Gasteiger partial charge in [-0.2, -0.15) is 0 Å². The summed E-state index contributed by atoms with van der Waals surface area (Å²) in [6, 6.07) is 16.1. The third-order valence-corrected chi connectivity index (χ3v) is 6.63. The fourth-order valence-electron chi connectivity index (χ4n) is 4.37. The third-order valence-electron chi connectivity index (χ3n) is 6.34. The second-order valence-corrected chi connectivity index (χ2v) is 9.72. The fraction of sp³-hybridized carbons (Fsp3) is 0.276. The number of aromatic nitrogens is 2. The number of carbonyl (C=O) groups excluding carboxylic acids is 1. The topological polar surface area (TPSA) is 55.2 Å². The first kappa shape index (κ1) is 26.5. The zero-order chi connectivity index (χ0) is 26.7. The summed E-state index contributed by atoms with van der Waals surface area (Å²) < 4.78 is 30.1. The second-order valence-electron chi connectivity index (χ2n) is 9.31. The van der Waals surface area contributed by atoms with E-state index in [2.05, 4.69) is 0 Å². The summed E-state index contributed by atoms with van der Waals surface area (Å²) in [5.41, 5.74) is 0.367. The molecule has 192 valence electrons. The molecule has 0 aliphatic heterocycles. The molecular formula is C29H28ClF2N3O2. The van der Waals surface area contributed by atoms with Crippen molar-refractivity contribution in [2.45, 2.75) is 39.7 Å². The molecule has 0 aliphatic carbocycles. The smallest absolute Gasteiger partial charge is 0.266 e. The van der Waals surface area contributed by atoms with E-state index in [0.717, 1.165) is 0 Å². The van der Waals surface area contributed by atoms with E-state index in [-0.39, 0.29) is 22.1 Å². The van der Waals surface area contributed by atoms with E-state index in [0.29, 0.717) is 41.8 Å². The average Bonchev–Trinajstić information content (AvgIpc) is 2.88. The molecule has 1 amide bonds. The molecule has 0 fully saturated rings. The number of hydrogen-bond donors (Lipinski definition) is 0. The van der Waals surface area contributed by atoms with E-state index in [9.17, 15) is 18.4 Å². The average molecular weight is 524 g/mol. The predicted octanol–water partition coefficient (Wildman–Crippen LogP) is 6.96. The van der Waals surface area contributed by atoms with Crippen LogP contribution < -0.4 is 5.56 Å². The largest absolute Gasteiger partial charge is 0.328 e. The fourth-order valence-corrected chi connectivity index (χ4v) is 4.55. The lowest BCUT2D eigenvalue weighted by atomic mass is 10.0. The van der Waals surface area contributed by atoms with Crippen LogP contribution >= 0.6 is 11.6 Å². The van der Waals surface area contributed by atoms with Crippen LogP contribution in [-0.2, 0) is 0 Å². The maximum atomic E-state index is 14.7. The highest BCUT2D eigenvalue weighted by Gasteiger charge is 2.31. The van der Waals surface area contributed by atoms with Crippen molar-refractivity contribution in [3.05, 3.63) is 105 Å². The second kappa shape index (κ2) is 11.2. The Balaban J connectivity index is 1.97. The molecule has 0 bridgehead atoms. The van der Waals surface area contributed by atoms with Crippen molar-refractivity contribution >= 4 is 28.4 Å². The van der Waals surface area contributed by atoms with Crippen LogP contribution in [0.3, 0.4) is 0 Å². The number of fused-ring (bicyclic) bond motifs is 1. The van der Waals surface area contributed by atoms with Gasteiger partial charge in [-0.15, -0.1) is 0 Å². The molecule has 0 aliphatic rings. The Morgan fingerprint density at radius 2 is 1.73 bits per heavy atom. The number of amides is 1. The van der Waals surface area contributed by atoms with Crippen LogP contribution in [0.15, 0.2) is 71.5 Å². The Bertz CT molecular complexity index is 1500. The molecule has 5 nitrogen and oxygen atoms in total. The Morgan fingerprint density at radius 1 is 1.03 bits per heavy atom. The molecule has 0 saturated carbocycles. The van der Waals surface area contributed by atoms with Crippen LogP contribution in [0.2, 0.25) is 5.02 Å². The first-order valence-corrected chi connectivity index (χ1v) is 12.6. The normalized spacial score (nSPS) is 12.2. The van der Waals surface area contributed by atoms with Crippen LogP contribution in [0.4, 0.5) is 8.78 Å². The van der Waals surface area contributed by atoms with Gasteiger partial charge in [0.05, 0.1) is 33.2 Å². The van der Waals surface area contributed by atoms with Gasteiger partial charge in [-0.25, -0.2) is 13.8 Å². The maximum absolute atomic E-state index is 14.7. The highest BCUT2D eigenvalue weighted by Crippen LogP contribution is 2.29. The lowest BCUT2D eigenvalue weighted by Crippen LogP contribution is -2.39. The number of nitrogens with zero attached hydrogens (tertiary/aromatic N) is 3. The van der Waals surface area contributed by atoms with Crippen LogP contribution in [0.5, 0.6) is 0 Å². The van der Waals surface area contributed by atoms with Gasteiger partial charge in [-0.1, -0.05) is 56.6 Å². The van der Waals surface area contributed by atoms with Gasteiger partial charge in [0.15, 0.2) is 0 Å².